The van der Waals surface area contributed by atoms with Crippen molar-refractivity contribution in [3.63, 3.8) is 0 Å². The van der Waals surface area contributed by atoms with Gasteiger partial charge in [0.25, 0.3) is 0 Å². The van der Waals surface area contributed by atoms with E-state index in [2.05, 4.69) is 13.8 Å². The lowest BCUT2D eigenvalue weighted by Crippen LogP contribution is -2.33. The molecule has 0 radical (unpaired) electrons. The number of hydrogen-bond acceptors (Lipinski definition) is 2. The highest BCUT2D eigenvalue weighted by Gasteiger charge is 2.50. The van der Waals surface area contributed by atoms with E-state index in [1.54, 1.807) is 0 Å². The van der Waals surface area contributed by atoms with E-state index in [0.717, 1.165) is 18.9 Å². The lowest BCUT2D eigenvalue weighted by atomic mass is 9.82. The fourth-order valence-electron chi connectivity index (χ4n) is 4.01. The van der Waals surface area contributed by atoms with E-state index in [1.165, 1.54) is 44.9 Å². The second-order valence-electron chi connectivity index (χ2n) is 7.00. The number of ether oxygens (including phenoxy) is 2. The van der Waals surface area contributed by atoms with Crippen LogP contribution in [0.1, 0.15) is 65.2 Å². The first-order valence-electron chi connectivity index (χ1n) is 7.40. The molecule has 1 aliphatic carbocycles. The average molecular weight is 238 g/mol. The molecule has 0 aromatic rings. The van der Waals surface area contributed by atoms with Gasteiger partial charge in [0.2, 0.25) is 0 Å². The molecule has 17 heavy (non-hydrogen) atoms. The maximum absolute atomic E-state index is 6.29. The van der Waals surface area contributed by atoms with Gasteiger partial charge in [-0.2, -0.15) is 0 Å². The summed E-state index contributed by atoms with van der Waals surface area (Å²) in [6.07, 6.45) is 11.0. The van der Waals surface area contributed by atoms with Gasteiger partial charge in [-0.3, -0.25) is 0 Å². The van der Waals surface area contributed by atoms with E-state index in [9.17, 15) is 0 Å². The minimum absolute atomic E-state index is 0.0742. The van der Waals surface area contributed by atoms with E-state index >= 15 is 0 Å². The Morgan fingerprint density at radius 2 is 1.76 bits per heavy atom. The van der Waals surface area contributed by atoms with Crippen LogP contribution in [0.3, 0.4) is 0 Å². The molecule has 1 saturated carbocycles. The molecule has 0 N–H and O–H groups in total. The number of hydrogen-bond donors (Lipinski definition) is 0. The van der Waals surface area contributed by atoms with Gasteiger partial charge in [-0.1, -0.05) is 19.3 Å². The maximum atomic E-state index is 6.29. The lowest BCUT2D eigenvalue weighted by molar-refractivity contribution is -0.0864. The van der Waals surface area contributed by atoms with Crippen molar-refractivity contribution >= 4 is 0 Å². The third-order valence-electron chi connectivity index (χ3n) is 4.98. The fourth-order valence-corrected chi connectivity index (χ4v) is 4.01. The van der Waals surface area contributed by atoms with Crippen molar-refractivity contribution in [2.75, 3.05) is 6.61 Å². The molecule has 2 aliphatic heterocycles. The van der Waals surface area contributed by atoms with Gasteiger partial charge in [0.1, 0.15) is 0 Å². The summed E-state index contributed by atoms with van der Waals surface area (Å²) in [6.45, 7) is 5.28. The van der Waals surface area contributed by atoms with Gasteiger partial charge >= 0.3 is 0 Å². The fraction of sp³-hybridized carbons (Fsp3) is 1.00. The Labute approximate surface area is 105 Å². The zero-order valence-corrected chi connectivity index (χ0v) is 11.3. The highest BCUT2D eigenvalue weighted by atomic mass is 16.6. The standard InChI is InChI=1S/C15H26O2/c1-14(2)8-9-15(17-14)10-13(16-11-15)12-6-4-3-5-7-12/h12-13H,3-11H2,1-2H3. The monoisotopic (exact) mass is 238 g/mol. The third-order valence-corrected chi connectivity index (χ3v) is 4.98. The van der Waals surface area contributed by atoms with Crippen LogP contribution in [0, 0.1) is 5.92 Å². The zero-order chi connectivity index (χ0) is 11.9. The summed E-state index contributed by atoms with van der Waals surface area (Å²) in [5.74, 6) is 0.815. The van der Waals surface area contributed by atoms with Gasteiger partial charge in [-0.25, -0.2) is 0 Å². The van der Waals surface area contributed by atoms with Crippen LogP contribution in [0.15, 0.2) is 0 Å². The van der Waals surface area contributed by atoms with Crippen LogP contribution in [-0.2, 0) is 9.47 Å². The van der Waals surface area contributed by atoms with Crippen LogP contribution in [0.4, 0.5) is 0 Å². The Bertz CT molecular complexity index is 281. The largest absolute Gasteiger partial charge is 0.375 e. The van der Waals surface area contributed by atoms with Gasteiger partial charge in [-0.05, 0) is 45.4 Å². The zero-order valence-electron chi connectivity index (χ0n) is 11.3. The van der Waals surface area contributed by atoms with Crippen LogP contribution in [0.5, 0.6) is 0 Å². The first-order chi connectivity index (χ1) is 8.09. The molecule has 2 atom stereocenters. The maximum Gasteiger partial charge on any atom is 0.0948 e. The molecule has 2 heteroatoms. The van der Waals surface area contributed by atoms with E-state index in [-0.39, 0.29) is 11.2 Å². The van der Waals surface area contributed by atoms with Crippen molar-refractivity contribution in [3.8, 4) is 0 Å². The van der Waals surface area contributed by atoms with Crippen molar-refractivity contribution in [1.29, 1.82) is 0 Å². The van der Waals surface area contributed by atoms with Crippen LogP contribution in [-0.4, -0.2) is 23.9 Å². The highest BCUT2D eigenvalue weighted by molar-refractivity contribution is 4.99. The SMILES string of the molecule is CC1(C)CCC2(COC(C3CCCCC3)C2)O1. The van der Waals surface area contributed by atoms with Gasteiger partial charge in [0, 0.05) is 6.42 Å². The third kappa shape index (κ3) is 2.39. The van der Waals surface area contributed by atoms with Gasteiger partial charge in [-0.15, -0.1) is 0 Å². The summed E-state index contributed by atoms with van der Waals surface area (Å²) in [6, 6.07) is 0. The molecule has 3 rings (SSSR count). The predicted octanol–water partition coefficient (Wildman–Crippen LogP) is 3.68. The molecular formula is C15H26O2. The Morgan fingerprint density at radius 3 is 2.41 bits per heavy atom. The van der Waals surface area contributed by atoms with E-state index < -0.39 is 0 Å². The molecule has 2 unspecified atom stereocenters. The van der Waals surface area contributed by atoms with Crippen molar-refractivity contribution in [3.05, 3.63) is 0 Å². The Balaban J connectivity index is 1.61. The Morgan fingerprint density at radius 1 is 1.00 bits per heavy atom. The van der Waals surface area contributed by atoms with Crippen molar-refractivity contribution in [1.82, 2.24) is 0 Å². The minimum Gasteiger partial charge on any atom is -0.375 e. The molecule has 2 nitrogen and oxygen atoms in total. The summed E-state index contributed by atoms with van der Waals surface area (Å²) in [5.41, 5.74) is 0.149. The second kappa shape index (κ2) is 4.24. The van der Waals surface area contributed by atoms with Crippen molar-refractivity contribution < 1.29 is 9.47 Å². The van der Waals surface area contributed by atoms with Crippen LogP contribution >= 0.6 is 0 Å². The van der Waals surface area contributed by atoms with E-state index in [4.69, 9.17) is 9.47 Å². The van der Waals surface area contributed by atoms with E-state index in [0.29, 0.717) is 6.10 Å². The summed E-state index contributed by atoms with van der Waals surface area (Å²) in [5, 5.41) is 0. The highest BCUT2D eigenvalue weighted by Crippen LogP contribution is 2.46. The van der Waals surface area contributed by atoms with Gasteiger partial charge in [0.15, 0.2) is 0 Å². The molecule has 1 spiro atoms. The summed E-state index contributed by atoms with van der Waals surface area (Å²) in [7, 11) is 0. The molecular weight excluding hydrogens is 212 g/mol. The minimum atomic E-state index is 0.0742. The predicted molar refractivity (Wildman–Crippen MR) is 68.1 cm³/mol. The van der Waals surface area contributed by atoms with Gasteiger partial charge < -0.3 is 9.47 Å². The van der Waals surface area contributed by atoms with E-state index in [1.807, 2.05) is 0 Å². The summed E-state index contributed by atoms with van der Waals surface area (Å²) >= 11 is 0. The normalized spacial score (nSPS) is 42.4. The van der Waals surface area contributed by atoms with Crippen LogP contribution < -0.4 is 0 Å². The molecule has 0 amide bonds. The molecule has 2 heterocycles. The quantitative estimate of drug-likeness (QED) is 0.693. The number of rotatable bonds is 1. The molecule has 98 valence electrons. The Hall–Kier alpha value is -0.0800. The molecule has 3 aliphatic rings. The topological polar surface area (TPSA) is 18.5 Å². The molecule has 0 aromatic carbocycles. The lowest BCUT2D eigenvalue weighted by Gasteiger charge is -2.29. The Kier molecular flexibility index (Phi) is 2.99. The second-order valence-corrected chi connectivity index (χ2v) is 7.00. The summed E-state index contributed by atoms with van der Waals surface area (Å²) < 4.78 is 12.4. The molecule has 3 fully saturated rings. The average Bonchev–Trinajstić information content (AvgIpc) is 2.85. The molecule has 0 aromatic heterocycles. The van der Waals surface area contributed by atoms with Crippen LogP contribution in [0.25, 0.3) is 0 Å². The van der Waals surface area contributed by atoms with Crippen LogP contribution in [0.2, 0.25) is 0 Å². The van der Waals surface area contributed by atoms with Crippen molar-refractivity contribution in [2.24, 2.45) is 5.92 Å². The van der Waals surface area contributed by atoms with Crippen molar-refractivity contribution in [2.45, 2.75) is 82.5 Å². The first-order valence-corrected chi connectivity index (χ1v) is 7.40. The summed E-state index contributed by atoms with van der Waals surface area (Å²) in [4.78, 5) is 0. The molecule has 0 bridgehead atoms. The molecule has 2 saturated heterocycles. The smallest absolute Gasteiger partial charge is 0.0948 e. The van der Waals surface area contributed by atoms with Gasteiger partial charge in [0.05, 0.1) is 23.9 Å². The first kappa shape index (κ1) is 12.0.